The normalized spacial score (nSPS) is 18.8. The van der Waals surface area contributed by atoms with Gasteiger partial charge in [0.2, 0.25) is 0 Å². The summed E-state index contributed by atoms with van der Waals surface area (Å²) in [7, 11) is 3.34. The monoisotopic (exact) mass is 383 g/mol. The van der Waals surface area contributed by atoms with Gasteiger partial charge in [-0.15, -0.1) is 0 Å². The van der Waals surface area contributed by atoms with Crippen molar-refractivity contribution in [2.24, 2.45) is 0 Å². The van der Waals surface area contributed by atoms with Gasteiger partial charge in [0.15, 0.2) is 6.54 Å². The molecule has 5 nitrogen and oxygen atoms in total. The van der Waals surface area contributed by atoms with Gasteiger partial charge in [0.25, 0.3) is 5.91 Å². The minimum atomic E-state index is 0.0597. The van der Waals surface area contributed by atoms with E-state index in [2.05, 4.69) is 30.4 Å². The minimum absolute atomic E-state index is 0.0597. The van der Waals surface area contributed by atoms with Crippen LogP contribution in [0.15, 0.2) is 30.3 Å². The molecule has 2 aromatic rings. The lowest BCUT2D eigenvalue weighted by molar-refractivity contribution is -0.910. The highest BCUT2D eigenvalue weighted by Gasteiger charge is 2.33. The van der Waals surface area contributed by atoms with Crippen LogP contribution in [0, 0.1) is 20.8 Å². The summed E-state index contributed by atoms with van der Waals surface area (Å²) < 4.78 is 10.9. The van der Waals surface area contributed by atoms with Gasteiger partial charge in [-0.05, 0) is 44.0 Å². The Kier molecular flexibility index (Phi) is 6.25. The zero-order chi connectivity index (χ0) is 20.3. The quantitative estimate of drug-likeness (QED) is 0.806. The molecule has 1 amide bonds. The number of rotatable bonds is 6. The number of hydrogen-bond donors (Lipinski definition) is 2. The molecule has 0 saturated carbocycles. The number of amides is 1. The zero-order valence-corrected chi connectivity index (χ0v) is 17.5. The molecule has 0 bridgehead atoms. The summed E-state index contributed by atoms with van der Waals surface area (Å²) in [5.74, 6) is 1.67. The third-order valence-electron chi connectivity index (χ3n) is 5.63. The van der Waals surface area contributed by atoms with Gasteiger partial charge in [0.05, 0.1) is 26.3 Å². The molecule has 1 heterocycles. The molecule has 1 fully saturated rings. The lowest BCUT2D eigenvalue weighted by Gasteiger charge is -2.23. The van der Waals surface area contributed by atoms with Crippen molar-refractivity contribution >= 4 is 11.6 Å². The second-order valence-corrected chi connectivity index (χ2v) is 7.71. The summed E-state index contributed by atoms with van der Waals surface area (Å²) >= 11 is 0. The number of carbonyl (C=O) groups excluding carboxylic acids is 1. The van der Waals surface area contributed by atoms with E-state index in [1.165, 1.54) is 10.5 Å². The van der Waals surface area contributed by atoms with Crippen molar-refractivity contribution in [2.75, 3.05) is 32.6 Å². The van der Waals surface area contributed by atoms with Crippen molar-refractivity contribution in [3.63, 3.8) is 0 Å². The molecule has 5 heteroatoms. The molecule has 1 aliphatic heterocycles. The Hall–Kier alpha value is -2.53. The third-order valence-corrected chi connectivity index (χ3v) is 5.63. The van der Waals surface area contributed by atoms with E-state index in [4.69, 9.17) is 9.47 Å². The number of anilines is 1. The van der Waals surface area contributed by atoms with Gasteiger partial charge in [0, 0.05) is 24.6 Å². The average molecular weight is 384 g/mol. The van der Waals surface area contributed by atoms with E-state index in [0.717, 1.165) is 53.3 Å². The van der Waals surface area contributed by atoms with Crippen LogP contribution < -0.4 is 19.7 Å². The molecule has 2 N–H and O–H groups in total. The fourth-order valence-electron chi connectivity index (χ4n) is 4.37. The molecule has 28 heavy (non-hydrogen) atoms. The van der Waals surface area contributed by atoms with E-state index in [-0.39, 0.29) is 11.9 Å². The first-order valence-corrected chi connectivity index (χ1v) is 9.87. The number of carbonyl (C=O) groups is 1. The number of quaternary nitrogens is 1. The Morgan fingerprint density at radius 3 is 2.46 bits per heavy atom. The second kappa shape index (κ2) is 8.65. The molecule has 2 aromatic carbocycles. The number of aryl methyl sites for hydroxylation is 3. The number of benzene rings is 2. The van der Waals surface area contributed by atoms with Crippen molar-refractivity contribution in [3.05, 3.63) is 52.6 Å². The van der Waals surface area contributed by atoms with Gasteiger partial charge < -0.3 is 19.7 Å². The SMILES string of the molecule is COc1ccc([C@H]2CCC[NH+]2CC(=O)Nc2c(C)cc(C)cc2C)c(OC)c1. The molecule has 1 saturated heterocycles. The standard InChI is InChI=1S/C23H30N2O3/c1-15-11-16(2)23(17(3)12-15)24-22(26)14-25-10-6-7-20(25)19-9-8-18(27-4)13-21(19)28-5/h8-9,11-13,20H,6-7,10,14H2,1-5H3,(H,24,26)/p+1/t20-/m1/s1. The number of nitrogens with one attached hydrogen (secondary N) is 2. The van der Waals surface area contributed by atoms with Crippen LogP contribution in [0.1, 0.15) is 41.1 Å². The van der Waals surface area contributed by atoms with Crippen molar-refractivity contribution in [1.29, 1.82) is 0 Å². The molecule has 3 rings (SSSR count). The van der Waals surface area contributed by atoms with Crippen LogP contribution in [0.25, 0.3) is 0 Å². The zero-order valence-electron chi connectivity index (χ0n) is 17.5. The Morgan fingerprint density at radius 1 is 1.11 bits per heavy atom. The van der Waals surface area contributed by atoms with Crippen LogP contribution in [0.2, 0.25) is 0 Å². The van der Waals surface area contributed by atoms with Gasteiger partial charge in [-0.25, -0.2) is 0 Å². The van der Waals surface area contributed by atoms with Gasteiger partial charge >= 0.3 is 0 Å². The molecule has 1 unspecified atom stereocenters. The number of ether oxygens (including phenoxy) is 2. The predicted molar refractivity (Wildman–Crippen MR) is 112 cm³/mol. The lowest BCUT2D eigenvalue weighted by Crippen LogP contribution is -3.11. The molecule has 0 spiro atoms. The minimum Gasteiger partial charge on any atom is -0.497 e. The summed E-state index contributed by atoms with van der Waals surface area (Å²) in [5, 5.41) is 3.14. The van der Waals surface area contributed by atoms with Crippen molar-refractivity contribution in [1.82, 2.24) is 0 Å². The molecule has 150 valence electrons. The van der Waals surface area contributed by atoms with Gasteiger partial charge in [-0.1, -0.05) is 17.7 Å². The highest BCUT2D eigenvalue weighted by molar-refractivity contribution is 5.93. The summed E-state index contributed by atoms with van der Waals surface area (Å²) in [6, 6.07) is 10.4. The largest absolute Gasteiger partial charge is 0.497 e. The van der Waals surface area contributed by atoms with Crippen molar-refractivity contribution in [3.8, 4) is 11.5 Å². The number of hydrogen-bond acceptors (Lipinski definition) is 3. The van der Waals surface area contributed by atoms with E-state index in [9.17, 15) is 4.79 Å². The molecule has 0 aliphatic carbocycles. The number of likely N-dealkylation sites (tertiary alicyclic amines) is 1. The van der Waals surface area contributed by atoms with Crippen LogP contribution in [0.3, 0.4) is 0 Å². The highest BCUT2D eigenvalue weighted by Crippen LogP contribution is 2.31. The van der Waals surface area contributed by atoms with Gasteiger partial charge in [-0.2, -0.15) is 0 Å². The van der Waals surface area contributed by atoms with E-state index in [1.807, 2.05) is 26.0 Å². The number of methoxy groups -OCH3 is 2. The Bertz CT molecular complexity index is 840. The maximum Gasteiger partial charge on any atom is 0.279 e. The summed E-state index contributed by atoms with van der Waals surface area (Å²) in [4.78, 5) is 14.1. The van der Waals surface area contributed by atoms with E-state index in [1.54, 1.807) is 14.2 Å². The maximum absolute atomic E-state index is 12.8. The van der Waals surface area contributed by atoms with Gasteiger partial charge in [-0.3, -0.25) is 4.79 Å². The average Bonchev–Trinajstić information content (AvgIpc) is 3.11. The van der Waals surface area contributed by atoms with Crippen LogP contribution in [0.5, 0.6) is 11.5 Å². The topological polar surface area (TPSA) is 52.0 Å². The van der Waals surface area contributed by atoms with Crippen LogP contribution in [-0.2, 0) is 4.79 Å². The second-order valence-electron chi connectivity index (χ2n) is 7.71. The first-order chi connectivity index (χ1) is 13.4. The summed E-state index contributed by atoms with van der Waals surface area (Å²) in [6.07, 6.45) is 2.15. The Labute approximate surface area is 167 Å². The summed E-state index contributed by atoms with van der Waals surface area (Å²) in [5.41, 5.74) is 5.51. The van der Waals surface area contributed by atoms with Crippen LogP contribution in [-0.4, -0.2) is 33.2 Å². The molecule has 0 radical (unpaired) electrons. The predicted octanol–water partition coefficient (Wildman–Crippen LogP) is 2.99. The third kappa shape index (κ3) is 4.30. The highest BCUT2D eigenvalue weighted by atomic mass is 16.5. The molecular formula is C23H31N2O3+. The van der Waals surface area contributed by atoms with Crippen LogP contribution >= 0.6 is 0 Å². The van der Waals surface area contributed by atoms with E-state index >= 15 is 0 Å². The van der Waals surface area contributed by atoms with Gasteiger partial charge in [0.1, 0.15) is 17.5 Å². The maximum atomic E-state index is 12.8. The van der Waals surface area contributed by atoms with E-state index in [0.29, 0.717) is 6.54 Å². The molecule has 2 atom stereocenters. The first-order valence-electron chi connectivity index (χ1n) is 9.87. The lowest BCUT2D eigenvalue weighted by atomic mass is 10.0. The molecule has 1 aliphatic rings. The smallest absolute Gasteiger partial charge is 0.279 e. The molecule has 0 aromatic heterocycles. The fraction of sp³-hybridized carbons (Fsp3) is 0.435. The fourth-order valence-corrected chi connectivity index (χ4v) is 4.37. The summed E-state index contributed by atoms with van der Waals surface area (Å²) in [6.45, 7) is 7.60. The van der Waals surface area contributed by atoms with Crippen molar-refractivity contribution in [2.45, 2.75) is 39.7 Å². The van der Waals surface area contributed by atoms with Crippen molar-refractivity contribution < 1.29 is 19.2 Å². The Morgan fingerprint density at radius 2 is 1.82 bits per heavy atom. The first kappa shape index (κ1) is 20.2. The Balaban J connectivity index is 1.75. The molecular weight excluding hydrogens is 352 g/mol. The van der Waals surface area contributed by atoms with Crippen LogP contribution in [0.4, 0.5) is 5.69 Å². The van der Waals surface area contributed by atoms with E-state index < -0.39 is 0 Å².